The molecule has 1 aliphatic heterocycles. The van der Waals surface area contributed by atoms with Gasteiger partial charge in [-0.05, 0) is 79.9 Å². The zero-order valence-electron chi connectivity index (χ0n) is 20.9. The largest absolute Gasteiger partial charge is 0.416 e. The number of nitrogens with one attached hydrogen (secondary N) is 3. The number of benzene rings is 3. The number of nitrogens with zero attached hydrogens (tertiary/aromatic N) is 1. The standard InChI is InChI=1S/C29H31F3N4O2/c30-29(31,32)24-6-4-5-23(17-24)28(38)34-19-27(37)33-18-21-13-15-36(16-14-21)20-22-9-11-26(12-10-22)35-25-7-2-1-3-8-25/h1-12,17,21,35H,13-16,18-20H2,(H,33,37)(H,34,38). The van der Waals surface area contributed by atoms with Gasteiger partial charge in [0.1, 0.15) is 0 Å². The Kier molecular flexibility index (Phi) is 9.02. The summed E-state index contributed by atoms with van der Waals surface area (Å²) in [5.74, 6) is -0.743. The molecule has 0 aromatic heterocycles. The molecule has 1 aliphatic rings. The van der Waals surface area contributed by atoms with Crippen molar-refractivity contribution in [3.8, 4) is 0 Å². The molecule has 0 saturated carbocycles. The summed E-state index contributed by atoms with van der Waals surface area (Å²) in [7, 11) is 0. The van der Waals surface area contributed by atoms with Gasteiger partial charge in [-0.25, -0.2) is 0 Å². The van der Waals surface area contributed by atoms with E-state index >= 15 is 0 Å². The fourth-order valence-corrected chi connectivity index (χ4v) is 4.41. The molecule has 2 amide bonds. The molecule has 0 unspecified atom stereocenters. The van der Waals surface area contributed by atoms with Crippen LogP contribution >= 0.6 is 0 Å². The van der Waals surface area contributed by atoms with E-state index in [2.05, 4.69) is 45.1 Å². The molecule has 0 radical (unpaired) electrons. The third-order valence-corrected chi connectivity index (χ3v) is 6.58. The van der Waals surface area contributed by atoms with Crippen LogP contribution in [-0.2, 0) is 17.5 Å². The molecule has 3 aromatic carbocycles. The molecule has 1 saturated heterocycles. The van der Waals surface area contributed by atoms with Crippen molar-refractivity contribution in [2.45, 2.75) is 25.6 Å². The Balaban J connectivity index is 1.13. The van der Waals surface area contributed by atoms with E-state index in [4.69, 9.17) is 0 Å². The maximum absolute atomic E-state index is 12.8. The van der Waals surface area contributed by atoms with E-state index in [1.807, 2.05) is 30.3 Å². The van der Waals surface area contributed by atoms with Gasteiger partial charge in [-0.3, -0.25) is 14.5 Å². The van der Waals surface area contributed by atoms with Gasteiger partial charge >= 0.3 is 6.18 Å². The lowest BCUT2D eigenvalue weighted by molar-refractivity contribution is -0.137. The molecule has 38 heavy (non-hydrogen) atoms. The zero-order valence-corrected chi connectivity index (χ0v) is 20.9. The van der Waals surface area contributed by atoms with Gasteiger partial charge in [-0.1, -0.05) is 36.4 Å². The number of amides is 2. The van der Waals surface area contributed by atoms with E-state index in [-0.39, 0.29) is 18.0 Å². The Labute approximate surface area is 220 Å². The minimum Gasteiger partial charge on any atom is -0.356 e. The minimum absolute atomic E-state index is 0.137. The van der Waals surface area contributed by atoms with Gasteiger partial charge in [0.25, 0.3) is 5.91 Å². The monoisotopic (exact) mass is 524 g/mol. The number of hydrogen-bond acceptors (Lipinski definition) is 4. The fourth-order valence-electron chi connectivity index (χ4n) is 4.41. The quantitative estimate of drug-likeness (QED) is 0.360. The number of carbonyl (C=O) groups excluding carboxylic acids is 2. The number of likely N-dealkylation sites (tertiary alicyclic amines) is 1. The first-order valence-electron chi connectivity index (χ1n) is 12.6. The van der Waals surface area contributed by atoms with E-state index < -0.39 is 17.6 Å². The summed E-state index contributed by atoms with van der Waals surface area (Å²) in [5.41, 5.74) is 2.29. The topological polar surface area (TPSA) is 73.5 Å². The first kappa shape index (κ1) is 27.2. The lowest BCUT2D eigenvalue weighted by Crippen LogP contribution is -2.41. The second-order valence-corrected chi connectivity index (χ2v) is 9.47. The third kappa shape index (κ3) is 8.08. The van der Waals surface area contributed by atoms with Gasteiger partial charge in [0.2, 0.25) is 5.91 Å². The van der Waals surface area contributed by atoms with Crippen LogP contribution in [0.25, 0.3) is 0 Å². The van der Waals surface area contributed by atoms with Gasteiger partial charge in [0.05, 0.1) is 12.1 Å². The number of hydrogen-bond donors (Lipinski definition) is 3. The van der Waals surface area contributed by atoms with Gasteiger partial charge < -0.3 is 16.0 Å². The number of rotatable bonds is 9. The molecule has 3 aromatic rings. The van der Waals surface area contributed by atoms with E-state index in [1.54, 1.807) is 0 Å². The summed E-state index contributed by atoms with van der Waals surface area (Å²) < 4.78 is 38.5. The van der Waals surface area contributed by atoms with Gasteiger partial charge in [0, 0.05) is 30.0 Å². The van der Waals surface area contributed by atoms with Crippen molar-refractivity contribution >= 4 is 23.2 Å². The number of halogens is 3. The van der Waals surface area contributed by atoms with Gasteiger partial charge in [-0.2, -0.15) is 13.2 Å². The first-order chi connectivity index (χ1) is 18.3. The number of para-hydroxylation sites is 1. The maximum Gasteiger partial charge on any atom is 0.416 e. The summed E-state index contributed by atoms with van der Waals surface area (Å²) >= 11 is 0. The zero-order chi connectivity index (χ0) is 27.0. The van der Waals surface area contributed by atoms with Crippen LogP contribution in [0.3, 0.4) is 0 Å². The van der Waals surface area contributed by atoms with Crippen molar-refractivity contribution in [2.75, 3.05) is 31.5 Å². The van der Waals surface area contributed by atoms with E-state index in [0.717, 1.165) is 56.0 Å². The predicted octanol–water partition coefficient (Wildman–Crippen LogP) is 5.21. The number of alkyl halides is 3. The van der Waals surface area contributed by atoms with Crippen LogP contribution in [0.15, 0.2) is 78.9 Å². The Bertz CT molecular complexity index is 1210. The fraction of sp³-hybridized carbons (Fsp3) is 0.310. The normalized spacial score (nSPS) is 14.6. The molecule has 9 heteroatoms. The van der Waals surface area contributed by atoms with Crippen LogP contribution in [0.1, 0.15) is 34.3 Å². The highest BCUT2D eigenvalue weighted by Gasteiger charge is 2.31. The summed E-state index contributed by atoms with van der Waals surface area (Å²) in [4.78, 5) is 26.7. The molecule has 0 bridgehead atoms. The van der Waals surface area contributed by atoms with Gasteiger partial charge in [-0.15, -0.1) is 0 Å². The molecule has 0 aliphatic carbocycles. The summed E-state index contributed by atoms with van der Waals surface area (Å²) in [6.45, 7) is 2.94. The van der Waals surface area contributed by atoms with Gasteiger partial charge in [0.15, 0.2) is 0 Å². The molecule has 1 heterocycles. The highest BCUT2D eigenvalue weighted by molar-refractivity contribution is 5.96. The first-order valence-corrected chi connectivity index (χ1v) is 12.6. The summed E-state index contributed by atoms with van der Waals surface area (Å²) in [6.07, 6.45) is -2.64. The van der Waals surface area contributed by atoms with Crippen molar-refractivity contribution in [2.24, 2.45) is 5.92 Å². The Morgan fingerprint density at radius 3 is 2.21 bits per heavy atom. The molecule has 0 spiro atoms. The Morgan fingerprint density at radius 1 is 0.842 bits per heavy atom. The van der Waals surface area contributed by atoms with Crippen LogP contribution in [0.5, 0.6) is 0 Å². The molecule has 6 nitrogen and oxygen atoms in total. The lowest BCUT2D eigenvalue weighted by atomic mass is 9.96. The number of carbonyl (C=O) groups is 2. The van der Waals surface area contributed by atoms with Crippen molar-refractivity contribution in [1.82, 2.24) is 15.5 Å². The molecule has 1 fully saturated rings. The maximum atomic E-state index is 12.8. The minimum atomic E-state index is -4.53. The molecule has 200 valence electrons. The van der Waals surface area contributed by atoms with Crippen LogP contribution in [0.4, 0.5) is 24.5 Å². The molecular formula is C29H31F3N4O2. The Hall–Kier alpha value is -3.85. The molecular weight excluding hydrogens is 493 g/mol. The van der Waals surface area contributed by atoms with Crippen molar-refractivity contribution < 1.29 is 22.8 Å². The average Bonchev–Trinajstić information content (AvgIpc) is 2.92. The van der Waals surface area contributed by atoms with E-state index in [1.165, 1.54) is 17.7 Å². The lowest BCUT2D eigenvalue weighted by Gasteiger charge is -2.32. The summed E-state index contributed by atoms with van der Waals surface area (Å²) in [5, 5.41) is 8.59. The SMILES string of the molecule is O=C(CNC(=O)c1cccc(C(F)(F)F)c1)NCC1CCN(Cc2ccc(Nc3ccccc3)cc2)CC1. The molecule has 4 rings (SSSR count). The number of anilines is 2. The molecule has 3 N–H and O–H groups in total. The van der Waals surface area contributed by atoms with Crippen molar-refractivity contribution in [3.05, 3.63) is 95.6 Å². The van der Waals surface area contributed by atoms with Crippen LogP contribution in [0.2, 0.25) is 0 Å². The third-order valence-electron chi connectivity index (χ3n) is 6.58. The highest BCUT2D eigenvalue weighted by Crippen LogP contribution is 2.29. The highest BCUT2D eigenvalue weighted by atomic mass is 19.4. The second kappa shape index (κ2) is 12.6. The van der Waals surface area contributed by atoms with Crippen LogP contribution in [0, 0.1) is 5.92 Å². The van der Waals surface area contributed by atoms with Crippen LogP contribution < -0.4 is 16.0 Å². The number of piperidine rings is 1. The van der Waals surface area contributed by atoms with Crippen LogP contribution in [-0.4, -0.2) is 42.9 Å². The second-order valence-electron chi connectivity index (χ2n) is 9.47. The van der Waals surface area contributed by atoms with Crippen molar-refractivity contribution in [1.29, 1.82) is 0 Å². The summed E-state index contributed by atoms with van der Waals surface area (Å²) in [6, 6.07) is 22.6. The smallest absolute Gasteiger partial charge is 0.356 e. The molecule has 0 atom stereocenters. The Morgan fingerprint density at radius 2 is 1.53 bits per heavy atom. The van der Waals surface area contributed by atoms with E-state index in [9.17, 15) is 22.8 Å². The van der Waals surface area contributed by atoms with E-state index in [0.29, 0.717) is 12.5 Å². The van der Waals surface area contributed by atoms with Crippen molar-refractivity contribution in [3.63, 3.8) is 0 Å². The predicted molar refractivity (Wildman–Crippen MR) is 141 cm³/mol. The average molecular weight is 525 g/mol.